The number of hydrogen-bond acceptors (Lipinski definition) is 8. The van der Waals surface area contributed by atoms with E-state index in [-0.39, 0.29) is 38.6 Å². The SMILES string of the molecule is CC/C=C\C/C=C\C/C=C\C/C=C\C/C=C\C/C=C\C/C=C\C/C=C\CCCCCCCCCCCCC(=O)OC(COC(=O)CCCCCCCCCCCCCCCCCCCCCCCCC/C=C\C/C=C\C/C=C\C/C=C\C/C=C\CC)COC(OCC[N+](C)(C)C)C(=O)[O-]. The maximum atomic E-state index is 13.0. The van der Waals surface area contributed by atoms with Gasteiger partial charge in [-0.2, -0.15) is 0 Å². The topological polar surface area (TPSA) is 111 Å². The van der Waals surface area contributed by atoms with Gasteiger partial charge in [0, 0.05) is 12.8 Å². The van der Waals surface area contributed by atoms with Crippen molar-refractivity contribution in [3.05, 3.63) is 158 Å². The summed E-state index contributed by atoms with van der Waals surface area (Å²) in [5, 5.41) is 11.9. The summed E-state index contributed by atoms with van der Waals surface area (Å²) >= 11 is 0. The molecule has 0 bridgehead atoms. The Bertz CT molecular complexity index is 2200. The van der Waals surface area contributed by atoms with Crippen LogP contribution in [0.5, 0.6) is 0 Å². The van der Waals surface area contributed by atoms with E-state index in [4.69, 9.17) is 18.9 Å². The molecule has 0 amide bonds. The highest BCUT2D eigenvalue weighted by atomic mass is 16.7. The van der Waals surface area contributed by atoms with Crippen LogP contribution in [0.3, 0.4) is 0 Å². The Labute approximate surface area is 610 Å². The number of carboxylic acid groups (broad SMARTS) is 1. The molecule has 2 unspecified atom stereocenters. The minimum absolute atomic E-state index is 0.142. The Morgan fingerprint density at radius 2 is 0.545 bits per heavy atom. The summed E-state index contributed by atoms with van der Waals surface area (Å²) in [5.74, 6) is -2.28. The first kappa shape index (κ1) is 93.9. The maximum Gasteiger partial charge on any atom is 0.306 e. The Morgan fingerprint density at radius 3 is 0.808 bits per heavy atom. The molecule has 9 heteroatoms. The first-order chi connectivity index (χ1) is 48.6. The highest BCUT2D eigenvalue weighted by molar-refractivity contribution is 5.70. The molecule has 0 aromatic heterocycles. The van der Waals surface area contributed by atoms with Gasteiger partial charge < -0.3 is 33.3 Å². The fourth-order valence-corrected chi connectivity index (χ4v) is 11.2. The van der Waals surface area contributed by atoms with Crippen LogP contribution in [-0.4, -0.2) is 82.3 Å². The van der Waals surface area contributed by atoms with Crippen LogP contribution >= 0.6 is 0 Å². The largest absolute Gasteiger partial charge is 0.545 e. The average Bonchev–Trinajstić information content (AvgIpc) is 1.16. The number of likely N-dealkylation sites (N-methyl/N-ethyl adjacent to an activating group) is 1. The van der Waals surface area contributed by atoms with E-state index < -0.39 is 24.3 Å². The van der Waals surface area contributed by atoms with Gasteiger partial charge in [-0.05, 0) is 122 Å². The number of unbranched alkanes of at least 4 members (excludes halogenated alkanes) is 33. The predicted molar refractivity (Wildman–Crippen MR) is 425 cm³/mol. The highest BCUT2D eigenvalue weighted by Crippen LogP contribution is 2.18. The lowest BCUT2D eigenvalue weighted by atomic mass is 10.0. The van der Waals surface area contributed by atoms with Crippen LogP contribution in [-0.2, 0) is 33.3 Å². The summed E-state index contributed by atoms with van der Waals surface area (Å²) in [6.07, 6.45) is 114. The lowest BCUT2D eigenvalue weighted by Crippen LogP contribution is -2.44. The first-order valence-electron chi connectivity index (χ1n) is 40.6. The zero-order valence-corrected chi connectivity index (χ0v) is 64.6. The monoisotopic (exact) mass is 1370 g/mol. The summed E-state index contributed by atoms with van der Waals surface area (Å²) in [7, 11) is 5.93. The molecule has 0 aliphatic rings. The Hall–Kier alpha value is -5.09. The van der Waals surface area contributed by atoms with E-state index in [0.717, 1.165) is 128 Å². The summed E-state index contributed by atoms with van der Waals surface area (Å²) in [6, 6.07) is 0. The van der Waals surface area contributed by atoms with E-state index in [1.807, 2.05) is 21.1 Å². The molecule has 99 heavy (non-hydrogen) atoms. The van der Waals surface area contributed by atoms with Crippen molar-refractivity contribution in [2.45, 2.75) is 347 Å². The summed E-state index contributed by atoms with van der Waals surface area (Å²) < 4.78 is 22.9. The quantitative estimate of drug-likeness (QED) is 0.0195. The van der Waals surface area contributed by atoms with Crippen molar-refractivity contribution in [2.24, 2.45) is 0 Å². The second kappa shape index (κ2) is 78.6. The minimum atomic E-state index is -1.63. The molecule has 0 N–H and O–H groups in total. The van der Waals surface area contributed by atoms with Crippen LogP contribution < -0.4 is 5.11 Å². The zero-order chi connectivity index (χ0) is 71.8. The van der Waals surface area contributed by atoms with Crippen LogP contribution in [0.15, 0.2) is 158 Å². The van der Waals surface area contributed by atoms with Gasteiger partial charge in [0.1, 0.15) is 13.2 Å². The summed E-state index contributed by atoms with van der Waals surface area (Å²) in [6.45, 7) is 4.54. The van der Waals surface area contributed by atoms with Gasteiger partial charge in [0.25, 0.3) is 0 Å². The number of allylic oxidation sites excluding steroid dienone is 26. The molecule has 0 saturated carbocycles. The van der Waals surface area contributed by atoms with Gasteiger partial charge in [-0.25, -0.2) is 0 Å². The van der Waals surface area contributed by atoms with Crippen molar-refractivity contribution >= 4 is 17.9 Å². The number of esters is 2. The predicted octanol–water partition coefficient (Wildman–Crippen LogP) is 25.0. The highest BCUT2D eigenvalue weighted by Gasteiger charge is 2.22. The van der Waals surface area contributed by atoms with E-state index in [0.29, 0.717) is 17.4 Å². The van der Waals surface area contributed by atoms with Crippen molar-refractivity contribution in [3.63, 3.8) is 0 Å². The molecule has 0 aromatic rings. The van der Waals surface area contributed by atoms with Crippen LogP contribution in [0.25, 0.3) is 0 Å². The molecule has 0 saturated heterocycles. The number of hydrogen-bond donors (Lipinski definition) is 0. The molecule has 0 aromatic carbocycles. The van der Waals surface area contributed by atoms with Crippen molar-refractivity contribution in [1.29, 1.82) is 0 Å². The molecule has 0 fully saturated rings. The Kier molecular flexibility index (Phi) is 74.6. The van der Waals surface area contributed by atoms with Crippen molar-refractivity contribution in [1.82, 2.24) is 0 Å². The molecular weight excluding hydrogens is 1220 g/mol. The van der Waals surface area contributed by atoms with Gasteiger partial charge in [0.2, 0.25) is 0 Å². The van der Waals surface area contributed by atoms with Gasteiger partial charge in [0.05, 0.1) is 40.3 Å². The summed E-state index contributed by atoms with van der Waals surface area (Å²) in [5.41, 5.74) is 0. The van der Waals surface area contributed by atoms with Crippen molar-refractivity contribution in [3.8, 4) is 0 Å². The van der Waals surface area contributed by atoms with Gasteiger partial charge >= 0.3 is 11.9 Å². The third-order valence-electron chi connectivity index (χ3n) is 17.3. The number of quaternary nitrogens is 1. The molecule has 0 heterocycles. The number of ether oxygens (including phenoxy) is 4. The molecule has 0 aliphatic heterocycles. The van der Waals surface area contributed by atoms with Gasteiger partial charge in [0.15, 0.2) is 12.4 Å². The lowest BCUT2D eigenvalue weighted by Gasteiger charge is -2.26. The molecule has 0 spiro atoms. The van der Waals surface area contributed by atoms with Gasteiger partial charge in [-0.1, -0.05) is 358 Å². The normalized spacial score (nSPS) is 13.5. The van der Waals surface area contributed by atoms with Gasteiger partial charge in [-0.15, -0.1) is 0 Å². The standard InChI is InChI=1S/C90H151NO8/c1-6-8-10-12-14-16-18-20-22-24-26-28-30-32-34-36-38-40-42-43-44-45-47-48-50-52-54-56-58-60-62-64-66-68-70-72-74-76-78-80-87(92)97-84-86(85-98-90(89(94)95)96-83-82-91(3,4)5)99-88(93)81-79-77-75-73-71-69-67-65-63-61-59-57-55-53-51-49-46-41-39-37-35-33-31-29-27-25-23-21-19-17-15-13-11-9-7-2/h8-11,14-17,20-23,26-29,32-35,39,41,49,51,55,57,86,90H,6-7,12-13,18-19,24-25,30-31,36-38,40,42-48,50,52-54,56,58-85H2,1-5H3/b10-8-,11-9-,16-14-,17-15-,22-20-,23-21-,28-26-,29-27-,34-32-,35-33-,41-39-,51-49-,57-55-. The molecule has 564 valence electrons. The number of carbonyl (C=O) groups is 3. The second-order valence-corrected chi connectivity index (χ2v) is 27.9. The van der Waals surface area contributed by atoms with Crippen molar-refractivity contribution < 1.29 is 42.9 Å². The molecule has 0 radical (unpaired) electrons. The molecule has 0 rings (SSSR count). The number of aliphatic carboxylic acids is 1. The maximum absolute atomic E-state index is 13.0. The van der Waals surface area contributed by atoms with Crippen LogP contribution in [0.4, 0.5) is 0 Å². The Morgan fingerprint density at radius 1 is 0.303 bits per heavy atom. The van der Waals surface area contributed by atoms with E-state index >= 15 is 0 Å². The number of carboxylic acids is 1. The molecule has 2 atom stereocenters. The van der Waals surface area contributed by atoms with Crippen molar-refractivity contribution in [2.75, 3.05) is 47.5 Å². The minimum Gasteiger partial charge on any atom is -0.545 e. The smallest absolute Gasteiger partial charge is 0.306 e. The number of nitrogens with zero attached hydrogens (tertiary/aromatic N) is 1. The average molecular weight is 1380 g/mol. The third-order valence-corrected chi connectivity index (χ3v) is 17.3. The van der Waals surface area contributed by atoms with Crippen LogP contribution in [0.2, 0.25) is 0 Å². The summed E-state index contributed by atoms with van der Waals surface area (Å²) in [4.78, 5) is 37.6. The van der Waals surface area contributed by atoms with E-state index in [9.17, 15) is 19.5 Å². The van der Waals surface area contributed by atoms with E-state index in [1.165, 1.54) is 173 Å². The van der Waals surface area contributed by atoms with E-state index in [1.54, 1.807) is 0 Å². The van der Waals surface area contributed by atoms with E-state index in [2.05, 4.69) is 172 Å². The Balaban J connectivity index is 4.04. The van der Waals surface area contributed by atoms with Crippen LogP contribution in [0.1, 0.15) is 335 Å². The van der Waals surface area contributed by atoms with Gasteiger partial charge in [-0.3, -0.25) is 9.59 Å². The number of carbonyl (C=O) groups excluding carboxylic acids is 3. The number of rotatable bonds is 74. The first-order valence-corrected chi connectivity index (χ1v) is 40.6. The molecule has 9 nitrogen and oxygen atoms in total. The molecule has 0 aliphatic carbocycles. The third kappa shape index (κ3) is 80.1. The zero-order valence-electron chi connectivity index (χ0n) is 64.6. The fraction of sp³-hybridized carbons (Fsp3) is 0.678. The van der Waals surface area contributed by atoms with Crippen LogP contribution in [0, 0.1) is 0 Å². The lowest BCUT2D eigenvalue weighted by molar-refractivity contribution is -0.870. The second-order valence-electron chi connectivity index (χ2n) is 27.9. The fourth-order valence-electron chi connectivity index (χ4n) is 11.2. The molecular formula is C90H151NO8.